The van der Waals surface area contributed by atoms with Crippen LogP contribution in [0.15, 0.2) is 47.2 Å². The number of hydrogen-bond acceptors (Lipinski definition) is 3. The van der Waals surface area contributed by atoms with Gasteiger partial charge in [-0.3, -0.25) is 9.78 Å². The van der Waals surface area contributed by atoms with E-state index in [1.807, 2.05) is 12.1 Å². The number of hydrogen-bond donors (Lipinski definition) is 0. The predicted molar refractivity (Wildman–Crippen MR) is 86.5 cm³/mol. The monoisotopic (exact) mass is 363 g/mol. The van der Waals surface area contributed by atoms with Crippen molar-refractivity contribution in [3.8, 4) is 0 Å². The van der Waals surface area contributed by atoms with E-state index in [9.17, 15) is 9.18 Å². The van der Waals surface area contributed by atoms with E-state index in [0.29, 0.717) is 23.1 Å². The first-order chi connectivity index (χ1) is 10.6. The molecule has 4 nitrogen and oxygen atoms in total. The fraction of sp³-hybridized carbons (Fsp3) is 0.250. The van der Waals surface area contributed by atoms with Crippen molar-refractivity contribution in [1.29, 1.82) is 0 Å². The minimum Gasteiger partial charge on any atom is -0.368 e. The normalized spacial score (nSPS) is 15.0. The van der Waals surface area contributed by atoms with Crippen molar-refractivity contribution >= 4 is 27.5 Å². The van der Waals surface area contributed by atoms with E-state index in [-0.39, 0.29) is 5.91 Å². The topological polar surface area (TPSA) is 36.4 Å². The summed E-state index contributed by atoms with van der Waals surface area (Å²) in [5, 5.41) is 0. The van der Waals surface area contributed by atoms with E-state index in [2.05, 4.69) is 25.8 Å². The van der Waals surface area contributed by atoms with Crippen LogP contribution in [0.2, 0.25) is 0 Å². The molecule has 0 saturated carbocycles. The van der Waals surface area contributed by atoms with Gasteiger partial charge >= 0.3 is 0 Å². The summed E-state index contributed by atoms with van der Waals surface area (Å²) >= 11 is 3.22. The highest BCUT2D eigenvalue weighted by atomic mass is 79.9. The van der Waals surface area contributed by atoms with Gasteiger partial charge in [-0.1, -0.05) is 15.9 Å². The van der Waals surface area contributed by atoms with Crippen LogP contribution in [0.25, 0.3) is 0 Å². The molecule has 1 aliphatic rings. The second-order valence-electron chi connectivity index (χ2n) is 5.14. The van der Waals surface area contributed by atoms with E-state index in [1.54, 1.807) is 23.4 Å². The average molecular weight is 364 g/mol. The number of amides is 1. The van der Waals surface area contributed by atoms with Gasteiger partial charge in [-0.25, -0.2) is 4.39 Å². The van der Waals surface area contributed by atoms with Crippen molar-refractivity contribution in [3.63, 3.8) is 0 Å². The molecular formula is C16H15BrFN3O. The Hall–Kier alpha value is -1.95. The SMILES string of the molecule is O=C(c1cc(F)cc(Br)c1)N1CCN(c2ccncc2)CC1. The number of rotatable bonds is 2. The van der Waals surface area contributed by atoms with Crippen molar-refractivity contribution < 1.29 is 9.18 Å². The lowest BCUT2D eigenvalue weighted by Gasteiger charge is -2.36. The molecule has 114 valence electrons. The highest BCUT2D eigenvalue weighted by molar-refractivity contribution is 9.10. The molecule has 0 N–H and O–H groups in total. The molecule has 2 heterocycles. The number of halogens is 2. The number of pyridine rings is 1. The molecule has 1 saturated heterocycles. The van der Waals surface area contributed by atoms with Crippen LogP contribution in [-0.2, 0) is 0 Å². The van der Waals surface area contributed by atoms with Crippen LogP contribution in [0, 0.1) is 5.82 Å². The Balaban J connectivity index is 1.67. The molecule has 0 atom stereocenters. The first kappa shape index (κ1) is 15.0. The van der Waals surface area contributed by atoms with Gasteiger partial charge in [0.15, 0.2) is 0 Å². The first-order valence-corrected chi connectivity index (χ1v) is 7.83. The molecule has 1 aliphatic heterocycles. The molecular weight excluding hydrogens is 349 g/mol. The lowest BCUT2D eigenvalue weighted by molar-refractivity contribution is 0.0746. The molecule has 1 fully saturated rings. The maximum absolute atomic E-state index is 13.4. The summed E-state index contributed by atoms with van der Waals surface area (Å²) in [5.41, 5.74) is 1.49. The molecule has 0 aliphatic carbocycles. The van der Waals surface area contributed by atoms with Gasteiger partial charge in [0.2, 0.25) is 0 Å². The van der Waals surface area contributed by atoms with Gasteiger partial charge in [-0.05, 0) is 30.3 Å². The molecule has 2 aromatic rings. The van der Waals surface area contributed by atoms with E-state index >= 15 is 0 Å². The van der Waals surface area contributed by atoms with Gasteiger partial charge in [-0.15, -0.1) is 0 Å². The fourth-order valence-corrected chi connectivity index (χ4v) is 3.05. The quantitative estimate of drug-likeness (QED) is 0.822. The zero-order valence-corrected chi connectivity index (χ0v) is 13.5. The molecule has 0 radical (unpaired) electrons. The van der Waals surface area contributed by atoms with Gasteiger partial charge in [0.1, 0.15) is 5.82 Å². The highest BCUT2D eigenvalue weighted by Gasteiger charge is 2.22. The Kier molecular flexibility index (Phi) is 4.38. The van der Waals surface area contributed by atoms with Gasteiger partial charge < -0.3 is 9.80 Å². The molecule has 1 aromatic heterocycles. The molecule has 0 unspecified atom stereocenters. The lowest BCUT2D eigenvalue weighted by atomic mass is 10.1. The summed E-state index contributed by atoms with van der Waals surface area (Å²) in [6.45, 7) is 2.75. The first-order valence-electron chi connectivity index (χ1n) is 7.04. The summed E-state index contributed by atoms with van der Waals surface area (Å²) in [4.78, 5) is 20.4. The zero-order chi connectivity index (χ0) is 15.5. The number of piperazine rings is 1. The van der Waals surface area contributed by atoms with Crippen LogP contribution >= 0.6 is 15.9 Å². The molecule has 1 amide bonds. The molecule has 1 aromatic carbocycles. The Morgan fingerprint density at radius 3 is 2.41 bits per heavy atom. The zero-order valence-electron chi connectivity index (χ0n) is 11.9. The summed E-state index contributed by atoms with van der Waals surface area (Å²) in [6.07, 6.45) is 3.52. The average Bonchev–Trinajstić information content (AvgIpc) is 2.54. The summed E-state index contributed by atoms with van der Waals surface area (Å²) < 4.78 is 14.0. The van der Waals surface area contributed by atoms with Crippen LogP contribution in [0.4, 0.5) is 10.1 Å². The van der Waals surface area contributed by atoms with Gasteiger partial charge in [0, 0.05) is 54.3 Å². The summed E-state index contributed by atoms with van der Waals surface area (Å²) in [5.74, 6) is -0.539. The third-order valence-electron chi connectivity index (χ3n) is 3.70. The summed E-state index contributed by atoms with van der Waals surface area (Å²) in [6, 6.07) is 8.20. The van der Waals surface area contributed by atoms with Crippen LogP contribution < -0.4 is 4.90 Å². The number of carbonyl (C=O) groups is 1. The van der Waals surface area contributed by atoms with Gasteiger partial charge in [0.05, 0.1) is 0 Å². The van der Waals surface area contributed by atoms with Crippen molar-refractivity contribution in [2.45, 2.75) is 0 Å². The highest BCUT2D eigenvalue weighted by Crippen LogP contribution is 2.19. The van der Waals surface area contributed by atoms with E-state index in [4.69, 9.17) is 0 Å². The molecule has 3 rings (SSSR count). The molecule has 0 spiro atoms. The largest absolute Gasteiger partial charge is 0.368 e. The predicted octanol–water partition coefficient (Wildman–Crippen LogP) is 2.95. The van der Waals surface area contributed by atoms with Crippen LogP contribution in [-0.4, -0.2) is 42.0 Å². The Bertz CT molecular complexity index is 652. The van der Waals surface area contributed by atoms with Crippen molar-refractivity contribution in [1.82, 2.24) is 9.88 Å². The van der Waals surface area contributed by atoms with E-state index in [0.717, 1.165) is 18.8 Å². The molecule has 0 bridgehead atoms. The second-order valence-corrected chi connectivity index (χ2v) is 6.06. The molecule has 22 heavy (non-hydrogen) atoms. The molecule has 6 heteroatoms. The van der Waals surface area contributed by atoms with E-state index < -0.39 is 5.82 Å². The number of nitrogens with zero attached hydrogens (tertiary/aromatic N) is 3. The lowest BCUT2D eigenvalue weighted by Crippen LogP contribution is -2.48. The van der Waals surface area contributed by atoms with Crippen LogP contribution in [0.3, 0.4) is 0 Å². The fourth-order valence-electron chi connectivity index (χ4n) is 2.58. The maximum atomic E-state index is 13.4. The van der Waals surface area contributed by atoms with Gasteiger partial charge in [-0.2, -0.15) is 0 Å². The van der Waals surface area contributed by atoms with Crippen LogP contribution in [0.1, 0.15) is 10.4 Å². The van der Waals surface area contributed by atoms with Crippen LogP contribution in [0.5, 0.6) is 0 Å². The smallest absolute Gasteiger partial charge is 0.254 e. The number of carbonyl (C=O) groups excluding carboxylic acids is 1. The second kappa shape index (κ2) is 6.44. The van der Waals surface area contributed by atoms with Crippen molar-refractivity contribution in [2.75, 3.05) is 31.1 Å². The van der Waals surface area contributed by atoms with E-state index in [1.165, 1.54) is 12.1 Å². The summed E-state index contributed by atoms with van der Waals surface area (Å²) in [7, 11) is 0. The van der Waals surface area contributed by atoms with Gasteiger partial charge in [0.25, 0.3) is 5.91 Å². The van der Waals surface area contributed by atoms with Crippen molar-refractivity contribution in [2.24, 2.45) is 0 Å². The third-order valence-corrected chi connectivity index (χ3v) is 4.16. The standard InChI is InChI=1S/C16H15BrFN3O/c17-13-9-12(10-14(18)11-13)16(22)21-7-5-20(6-8-21)15-1-3-19-4-2-15/h1-4,9-11H,5-8H2. The number of anilines is 1. The Morgan fingerprint density at radius 2 is 1.77 bits per heavy atom. The minimum atomic E-state index is -0.409. The third kappa shape index (κ3) is 3.27. The number of benzene rings is 1. The maximum Gasteiger partial charge on any atom is 0.254 e. The van der Waals surface area contributed by atoms with Crippen molar-refractivity contribution in [3.05, 3.63) is 58.6 Å². The Morgan fingerprint density at radius 1 is 1.09 bits per heavy atom. The minimum absolute atomic E-state index is 0.130. The Labute approximate surface area is 136 Å². The number of aromatic nitrogens is 1.